The van der Waals surface area contributed by atoms with Gasteiger partial charge in [-0.3, -0.25) is 10.1 Å². The normalized spacial score (nSPS) is 17.8. The lowest BCUT2D eigenvalue weighted by Crippen LogP contribution is -2.40. The summed E-state index contributed by atoms with van der Waals surface area (Å²) >= 11 is 0. The Balaban J connectivity index is 1.90. The molecule has 1 aliphatic rings. The van der Waals surface area contributed by atoms with Gasteiger partial charge in [0.1, 0.15) is 11.9 Å². The van der Waals surface area contributed by atoms with E-state index in [4.69, 9.17) is 15.0 Å². The minimum atomic E-state index is -0.798. The van der Waals surface area contributed by atoms with Gasteiger partial charge in [0, 0.05) is 19.1 Å². The van der Waals surface area contributed by atoms with Crippen molar-refractivity contribution in [3.63, 3.8) is 0 Å². The van der Waals surface area contributed by atoms with E-state index in [0.717, 1.165) is 12.8 Å². The van der Waals surface area contributed by atoms with Gasteiger partial charge in [0.15, 0.2) is 5.82 Å². The molecular weight excluding hydrogens is 351 g/mol. The third-order valence-electron chi connectivity index (χ3n) is 4.81. The average Bonchev–Trinajstić information content (AvgIpc) is 3.14. The van der Waals surface area contributed by atoms with Crippen molar-refractivity contribution in [1.29, 1.82) is 0 Å². The van der Waals surface area contributed by atoms with Crippen LogP contribution in [0.25, 0.3) is 0 Å². The number of rotatable bonds is 7. The van der Waals surface area contributed by atoms with E-state index in [0.29, 0.717) is 30.5 Å². The molecule has 2 heterocycles. The Morgan fingerprint density at radius 3 is 2.48 bits per heavy atom. The molecule has 1 aliphatic heterocycles. The number of hydrogen-bond acceptors (Lipinski definition) is 6. The van der Waals surface area contributed by atoms with Crippen molar-refractivity contribution in [1.82, 2.24) is 15.5 Å². The Morgan fingerprint density at radius 1 is 1.26 bits per heavy atom. The van der Waals surface area contributed by atoms with Gasteiger partial charge in [-0.2, -0.15) is 4.98 Å². The van der Waals surface area contributed by atoms with Crippen molar-refractivity contribution < 1.29 is 18.4 Å². The van der Waals surface area contributed by atoms with E-state index < -0.39 is 11.9 Å². The number of halogens is 1. The van der Waals surface area contributed by atoms with Crippen molar-refractivity contribution >= 4 is 5.91 Å². The molecule has 8 heteroatoms. The smallest absolute Gasteiger partial charge is 0.244 e. The summed E-state index contributed by atoms with van der Waals surface area (Å²) in [5.41, 5.74) is 6.22. The zero-order valence-corrected chi connectivity index (χ0v) is 15.5. The largest absolute Gasteiger partial charge is 0.381 e. The third-order valence-corrected chi connectivity index (χ3v) is 4.81. The first-order chi connectivity index (χ1) is 13.0. The lowest BCUT2D eigenvalue weighted by molar-refractivity contribution is -0.120. The van der Waals surface area contributed by atoms with Crippen LogP contribution in [0.1, 0.15) is 62.0 Å². The summed E-state index contributed by atoms with van der Waals surface area (Å²) in [6, 6.07) is 4.56. The molecule has 2 aromatic rings. The number of carbonyl (C=O) groups excluding carboxylic acids is 1. The summed E-state index contributed by atoms with van der Waals surface area (Å²) in [7, 11) is 0. The fourth-order valence-electron chi connectivity index (χ4n) is 3.24. The van der Waals surface area contributed by atoms with Gasteiger partial charge in [-0.25, -0.2) is 4.39 Å². The van der Waals surface area contributed by atoms with Crippen LogP contribution in [0.15, 0.2) is 28.8 Å². The minimum absolute atomic E-state index is 0.127. The summed E-state index contributed by atoms with van der Waals surface area (Å²) in [4.78, 5) is 16.6. The second-order valence-corrected chi connectivity index (χ2v) is 7.13. The molecule has 1 fully saturated rings. The predicted octanol–water partition coefficient (Wildman–Crippen LogP) is 2.62. The summed E-state index contributed by atoms with van der Waals surface area (Å²) < 4.78 is 24.2. The van der Waals surface area contributed by atoms with Crippen LogP contribution in [0.5, 0.6) is 0 Å². The third kappa shape index (κ3) is 4.70. The predicted molar refractivity (Wildman–Crippen MR) is 96.1 cm³/mol. The first-order valence-corrected chi connectivity index (χ1v) is 9.17. The molecule has 1 aromatic heterocycles. The van der Waals surface area contributed by atoms with Crippen LogP contribution in [0.2, 0.25) is 0 Å². The maximum Gasteiger partial charge on any atom is 0.244 e. The number of nitrogens with one attached hydrogen (secondary N) is 1. The second-order valence-electron chi connectivity index (χ2n) is 7.13. The quantitative estimate of drug-likeness (QED) is 0.770. The zero-order chi connectivity index (χ0) is 19.4. The van der Waals surface area contributed by atoms with E-state index in [9.17, 15) is 9.18 Å². The van der Waals surface area contributed by atoms with Crippen LogP contribution >= 0.6 is 0 Å². The lowest BCUT2D eigenvalue weighted by Gasteiger charge is -2.31. The van der Waals surface area contributed by atoms with Gasteiger partial charge < -0.3 is 15.0 Å². The molecule has 1 saturated heterocycles. The van der Waals surface area contributed by atoms with Crippen LogP contribution in [-0.4, -0.2) is 29.3 Å². The van der Waals surface area contributed by atoms with Crippen LogP contribution in [0, 0.1) is 11.7 Å². The Labute approximate surface area is 157 Å². The molecule has 2 unspecified atom stereocenters. The summed E-state index contributed by atoms with van der Waals surface area (Å²) in [6.45, 7) is 5.23. The molecular formula is C19H25FN4O3. The van der Waals surface area contributed by atoms with E-state index in [1.54, 1.807) is 12.1 Å². The molecule has 0 bridgehead atoms. The highest BCUT2D eigenvalue weighted by Crippen LogP contribution is 2.32. The molecule has 2 atom stereocenters. The number of amides is 1. The van der Waals surface area contributed by atoms with Crippen molar-refractivity contribution in [2.24, 2.45) is 11.7 Å². The molecule has 0 saturated carbocycles. The molecule has 7 nitrogen and oxygen atoms in total. The summed E-state index contributed by atoms with van der Waals surface area (Å²) in [5.74, 6) is 0.396. The molecule has 0 radical (unpaired) electrons. The first kappa shape index (κ1) is 19.4. The van der Waals surface area contributed by atoms with Gasteiger partial charge in [0.25, 0.3) is 0 Å². The van der Waals surface area contributed by atoms with E-state index in [-0.39, 0.29) is 23.7 Å². The van der Waals surface area contributed by atoms with Crippen molar-refractivity contribution in [2.75, 3.05) is 13.2 Å². The molecule has 1 aromatic carbocycles. The summed E-state index contributed by atoms with van der Waals surface area (Å²) in [5, 5.41) is 7.32. The number of ether oxygens (including phenoxy) is 1. The van der Waals surface area contributed by atoms with E-state index in [2.05, 4.69) is 15.5 Å². The number of benzene rings is 1. The number of nitrogens with two attached hydrogens (primary N) is 1. The maximum absolute atomic E-state index is 13.3. The molecule has 1 amide bonds. The molecule has 0 aliphatic carbocycles. The number of aromatic nitrogens is 2. The Bertz CT molecular complexity index is 757. The fourth-order valence-corrected chi connectivity index (χ4v) is 3.24. The number of hydrogen-bond donors (Lipinski definition) is 2. The van der Waals surface area contributed by atoms with Crippen molar-refractivity contribution in [2.45, 2.75) is 44.7 Å². The highest BCUT2D eigenvalue weighted by Gasteiger charge is 2.34. The second kappa shape index (κ2) is 8.58. The first-order valence-electron chi connectivity index (χ1n) is 9.17. The van der Waals surface area contributed by atoms with Crippen LogP contribution in [-0.2, 0) is 9.53 Å². The number of nitrogens with zero attached hydrogens (tertiary/aromatic N) is 2. The molecule has 27 heavy (non-hydrogen) atoms. The Kier molecular flexibility index (Phi) is 6.18. The van der Waals surface area contributed by atoms with Gasteiger partial charge in [-0.15, -0.1) is 0 Å². The number of primary amides is 1. The van der Waals surface area contributed by atoms with Gasteiger partial charge in [0.05, 0.1) is 6.04 Å². The topological polar surface area (TPSA) is 103 Å². The van der Waals surface area contributed by atoms with Crippen molar-refractivity contribution in [3.8, 4) is 0 Å². The van der Waals surface area contributed by atoms with Gasteiger partial charge in [0.2, 0.25) is 11.8 Å². The Morgan fingerprint density at radius 2 is 1.93 bits per heavy atom. The number of carbonyl (C=O) groups is 1. The van der Waals surface area contributed by atoms with E-state index >= 15 is 0 Å². The van der Waals surface area contributed by atoms with Crippen LogP contribution < -0.4 is 11.1 Å². The molecule has 146 valence electrons. The van der Waals surface area contributed by atoms with E-state index in [1.165, 1.54) is 12.1 Å². The lowest BCUT2D eigenvalue weighted by atomic mass is 9.90. The monoisotopic (exact) mass is 376 g/mol. The fraction of sp³-hybridized carbons (Fsp3) is 0.526. The van der Waals surface area contributed by atoms with Gasteiger partial charge in [-0.1, -0.05) is 31.1 Å². The Hall–Kier alpha value is -2.32. The van der Waals surface area contributed by atoms with Crippen LogP contribution in [0.4, 0.5) is 4.39 Å². The minimum Gasteiger partial charge on any atom is -0.381 e. The SMILES string of the molecule is CC(C)c1noc(C(NC(C(N)=O)c2ccc(F)cc2)C2CCOCC2)n1. The molecule has 0 spiro atoms. The van der Waals surface area contributed by atoms with Crippen LogP contribution in [0.3, 0.4) is 0 Å². The maximum atomic E-state index is 13.3. The average molecular weight is 376 g/mol. The van der Waals surface area contributed by atoms with Crippen molar-refractivity contribution in [3.05, 3.63) is 47.4 Å². The molecule has 3 rings (SSSR count). The van der Waals surface area contributed by atoms with E-state index in [1.807, 2.05) is 13.8 Å². The summed E-state index contributed by atoms with van der Waals surface area (Å²) in [6.07, 6.45) is 1.60. The zero-order valence-electron chi connectivity index (χ0n) is 15.5. The van der Waals surface area contributed by atoms with Gasteiger partial charge in [-0.05, 0) is 36.5 Å². The van der Waals surface area contributed by atoms with Gasteiger partial charge >= 0.3 is 0 Å². The molecule has 3 N–H and O–H groups in total. The highest BCUT2D eigenvalue weighted by molar-refractivity contribution is 5.81. The standard InChI is InChI=1S/C19H25FN4O3/c1-11(2)18-23-19(27-24-18)16(13-7-9-26-10-8-13)22-15(17(21)25)12-3-5-14(20)6-4-12/h3-6,11,13,15-16,22H,7-10H2,1-2H3,(H2,21,25). The highest BCUT2D eigenvalue weighted by atomic mass is 19.1.